The van der Waals surface area contributed by atoms with E-state index in [0.29, 0.717) is 6.54 Å². The molecule has 1 unspecified atom stereocenters. The molecular weight excluding hydrogens is 280 g/mol. The van der Waals surface area contributed by atoms with Crippen LogP contribution in [0.5, 0.6) is 0 Å². The molecule has 0 heterocycles. The molecule has 0 saturated carbocycles. The van der Waals surface area contributed by atoms with Crippen molar-refractivity contribution in [3.63, 3.8) is 0 Å². The highest BCUT2D eigenvalue weighted by molar-refractivity contribution is 9.10. The normalized spacial score (nSPS) is 11.9. The quantitative estimate of drug-likeness (QED) is 0.847. The minimum Gasteiger partial charge on any atom is -0.376 e. The van der Waals surface area contributed by atoms with Crippen LogP contribution in [0.3, 0.4) is 0 Å². The maximum absolute atomic E-state index is 11.6. The summed E-state index contributed by atoms with van der Waals surface area (Å²) in [7, 11) is 0. The van der Waals surface area contributed by atoms with Crippen molar-refractivity contribution in [1.29, 1.82) is 0 Å². The first-order valence-electron chi connectivity index (χ1n) is 5.90. The standard InChI is InChI=1S/C13H19BrN2O/c1-3-4-10(2)16-13(17)9-15-12-7-5-11(14)6-8-12/h5-8,10,15H,3-4,9H2,1-2H3,(H,16,17). The molecular formula is C13H19BrN2O. The number of hydrogen-bond donors (Lipinski definition) is 2. The molecule has 0 aliphatic rings. The molecule has 0 aliphatic heterocycles. The van der Waals surface area contributed by atoms with Crippen molar-refractivity contribution >= 4 is 27.5 Å². The van der Waals surface area contributed by atoms with E-state index >= 15 is 0 Å². The van der Waals surface area contributed by atoms with Crippen molar-refractivity contribution in [2.45, 2.75) is 32.7 Å². The van der Waals surface area contributed by atoms with Crippen LogP contribution in [0.15, 0.2) is 28.7 Å². The van der Waals surface area contributed by atoms with Crippen molar-refractivity contribution in [1.82, 2.24) is 5.32 Å². The maximum atomic E-state index is 11.6. The smallest absolute Gasteiger partial charge is 0.239 e. The minimum atomic E-state index is 0.0360. The lowest BCUT2D eigenvalue weighted by atomic mass is 10.2. The van der Waals surface area contributed by atoms with Gasteiger partial charge in [0.05, 0.1) is 6.54 Å². The van der Waals surface area contributed by atoms with Gasteiger partial charge in [-0.2, -0.15) is 0 Å². The number of rotatable bonds is 6. The molecule has 0 radical (unpaired) electrons. The van der Waals surface area contributed by atoms with E-state index in [4.69, 9.17) is 0 Å². The molecule has 4 heteroatoms. The van der Waals surface area contributed by atoms with Gasteiger partial charge in [0, 0.05) is 16.2 Å². The van der Waals surface area contributed by atoms with Crippen LogP contribution in [0.25, 0.3) is 0 Å². The topological polar surface area (TPSA) is 41.1 Å². The minimum absolute atomic E-state index is 0.0360. The van der Waals surface area contributed by atoms with E-state index in [1.807, 2.05) is 31.2 Å². The number of halogens is 1. The van der Waals surface area contributed by atoms with Gasteiger partial charge in [0.25, 0.3) is 0 Å². The average molecular weight is 299 g/mol. The van der Waals surface area contributed by atoms with Crippen LogP contribution in [0.1, 0.15) is 26.7 Å². The monoisotopic (exact) mass is 298 g/mol. The summed E-state index contributed by atoms with van der Waals surface area (Å²) in [5, 5.41) is 6.04. The van der Waals surface area contributed by atoms with Crippen LogP contribution in [0, 0.1) is 0 Å². The summed E-state index contributed by atoms with van der Waals surface area (Å²) < 4.78 is 1.03. The van der Waals surface area contributed by atoms with E-state index in [0.717, 1.165) is 23.0 Å². The third-order valence-corrected chi connectivity index (χ3v) is 2.96. The van der Waals surface area contributed by atoms with Crippen molar-refractivity contribution in [2.75, 3.05) is 11.9 Å². The van der Waals surface area contributed by atoms with Crippen LogP contribution >= 0.6 is 15.9 Å². The summed E-state index contributed by atoms with van der Waals surface area (Å²) in [6, 6.07) is 8.01. The van der Waals surface area contributed by atoms with E-state index in [2.05, 4.69) is 33.5 Å². The molecule has 1 rings (SSSR count). The molecule has 0 bridgehead atoms. The van der Waals surface area contributed by atoms with Crippen molar-refractivity contribution in [3.05, 3.63) is 28.7 Å². The van der Waals surface area contributed by atoms with Crippen molar-refractivity contribution in [2.24, 2.45) is 0 Å². The van der Waals surface area contributed by atoms with Gasteiger partial charge in [-0.05, 0) is 37.6 Å². The molecule has 0 spiro atoms. The van der Waals surface area contributed by atoms with Gasteiger partial charge in [0.1, 0.15) is 0 Å². The Bertz CT molecular complexity index is 351. The van der Waals surface area contributed by atoms with Crippen molar-refractivity contribution < 1.29 is 4.79 Å². The second-order valence-corrected chi connectivity index (χ2v) is 5.03. The maximum Gasteiger partial charge on any atom is 0.239 e. The molecule has 3 nitrogen and oxygen atoms in total. The molecule has 0 fully saturated rings. The number of nitrogens with one attached hydrogen (secondary N) is 2. The molecule has 0 saturated heterocycles. The molecule has 17 heavy (non-hydrogen) atoms. The fourth-order valence-electron chi connectivity index (χ4n) is 1.58. The van der Waals surface area contributed by atoms with Gasteiger partial charge in [-0.1, -0.05) is 29.3 Å². The molecule has 0 aromatic heterocycles. The number of carbonyl (C=O) groups excluding carboxylic acids is 1. The Morgan fingerprint density at radius 1 is 1.35 bits per heavy atom. The zero-order valence-electron chi connectivity index (χ0n) is 10.3. The van der Waals surface area contributed by atoms with Crippen LogP contribution < -0.4 is 10.6 Å². The first-order valence-corrected chi connectivity index (χ1v) is 6.70. The molecule has 1 amide bonds. The summed E-state index contributed by atoms with van der Waals surface area (Å²) in [5.74, 6) is 0.0360. The number of hydrogen-bond acceptors (Lipinski definition) is 2. The Hall–Kier alpha value is -1.03. The predicted molar refractivity (Wildman–Crippen MR) is 75.1 cm³/mol. The van der Waals surface area contributed by atoms with E-state index in [-0.39, 0.29) is 11.9 Å². The lowest BCUT2D eigenvalue weighted by molar-refractivity contribution is -0.120. The zero-order chi connectivity index (χ0) is 12.7. The van der Waals surface area contributed by atoms with Gasteiger partial charge in [-0.3, -0.25) is 4.79 Å². The van der Waals surface area contributed by atoms with Crippen LogP contribution in [-0.4, -0.2) is 18.5 Å². The Morgan fingerprint density at radius 2 is 2.00 bits per heavy atom. The van der Waals surface area contributed by atoms with Gasteiger partial charge in [0.2, 0.25) is 5.91 Å². The van der Waals surface area contributed by atoms with Gasteiger partial charge >= 0.3 is 0 Å². The number of anilines is 1. The summed E-state index contributed by atoms with van der Waals surface area (Å²) in [6.07, 6.45) is 2.10. The fourth-order valence-corrected chi connectivity index (χ4v) is 1.85. The van der Waals surface area contributed by atoms with Crippen LogP contribution in [0.2, 0.25) is 0 Å². The number of carbonyl (C=O) groups is 1. The number of amides is 1. The Balaban J connectivity index is 2.30. The first-order chi connectivity index (χ1) is 8.11. The predicted octanol–water partition coefficient (Wildman–Crippen LogP) is 3.17. The largest absolute Gasteiger partial charge is 0.376 e. The van der Waals surface area contributed by atoms with Crippen LogP contribution in [0.4, 0.5) is 5.69 Å². The van der Waals surface area contributed by atoms with E-state index in [1.54, 1.807) is 0 Å². The van der Waals surface area contributed by atoms with E-state index in [1.165, 1.54) is 0 Å². The van der Waals surface area contributed by atoms with E-state index < -0.39 is 0 Å². The lowest BCUT2D eigenvalue weighted by Gasteiger charge is -2.13. The summed E-state index contributed by atoms with van der Waals surface area (Å²) in [6.45, 7) is 4.46. The molecule has 1 aromatic rings. The van der Waals surface area contributed by atoms with Gasteiger partial charge in [-0.25, -0.2) is 0 Å². The Morgan fingerprint density at radius 3 is 2.59 bits per heavy atom. The molecule has 1 atom stereocenters. The van der Waals surface area contributed by atoms with Gasteiger partial charge in [-0.15, -0.1) is 0 Å². The first kappa shape index (κ1) is 14.0. The molecule has 2 N–H and O–H groups in total. The SMILES string of the molecule is CCCC(C)NC(=O)CNc1ccc(Br)cc1. The summed E-state index contributed by atoms with van der Waals surface area (Å²) >= 11 is 3.37. The Kier molecular flexibility index (Phi) is 6.05. The summed E-state index contributed by atoms with van der Waals surface area (Å²) in [5.41, 5.74) is 0.950. The molecule has 0 aliphatic carbocycles. The second-order valence-electron chi connectivity index (χ2n) is 4.12. The second kappa shape index (κ2) is 7.33. The van der Waals surface area contributed by atoms with Gasteiger partial charge in [0.15, 0.2) is 0 Å². The van der Waals surface area contributed by atoms with Crippen LogP contribution in [-0.2, 0) is 4.79 Å². The lowest BCUT2D eigenvalue weighted by Crippen LogP contribution is -2.36. The average Bonchev–Trinajstić information content (AvgIpc) is 2.28. The van der Waals surface area contributed by atoms with Crippen molar-refractivity contribution in [3.8, 4) is 0 Å². The molecule has 1 aromatic carbocycles. The fraction of sp³-hybridized carbons (Fsp3) is 0.462. The number of benzene rings is 1. The highest BCUT2D eigenvalue weighted by atomic mass is 79.9. The highest BCUT2D eigenvalue weighted by Gasteiger charge is 2.05. The van der Waals surface area contributed by atoms with E-state index in [9.17, 15) is 4.79 Å². The third kappa shape index (κ3) is 5.73. The zero-order valence-corrected chi connectivity index (χ0v) is 11.9. The summed E-state index contributed by atoms with van der Waals surface area (Å²) in [4.78, 5) is 11.6. The molecule has 94 valence electrons. The Labute approximate surface area is 111 Å². The van der Waals surface area contributed by atoms with Gasteiger partial charge < -0.3 is 10.6 Å². The highest BCUT2D eigenvalue weighted by Crippen LogP contribution is 2.13. The third-order valence-electron chi connectivity index (χ3n) is 2.43.